The summed E-state index contributed by atoms with van der Waals surface area (Å²) in [6, 6.07) is 15.2. The predicted octanol–water partition coefficient (Wildman–Crippen LogP) is 3.40. The quantitative estimate of drug-likeness (QED) is 0.734. The van der Waals surface area contributed by atoms with E-state index in [1.165, 1.54) is 0 Å². The number of aromatic nitrogens is 2. The number of nitrogens with zero attached hydrogens (tertiary/aromatic N) is 1. The van der Waals surface area contributed by atoms with Gasteiger partial charge in [-0.05, 0) is 37.0 Å². The summed E-state index contributed by atoms with van der Waals surface area (Å²) in [5, 5.41) is 0.542. The highest BCUT2D eigenvalue weighted by atomic mass is 16.5. The fraction of sp³-hybridized carbons (Fsp3) is 0.286. The Morgan fingerprint density at radius 3 is 2.62 bits per heavy atom. The first-order chi connectivity index (χ1) is 12.6. The zero-order valence-corrected chi connectivity index (χ0v) is 14.6. The van der Waals surface area contributed by atoms with Gasteiger partial charge in [-0.3, -0.25) is 9.59 Å². The number of para-hydroxylation sites is 1. The Balaban J connectivity index is 1.57. The van der Waals surface area contributed by atoms with Crippen molar-refractivity contribution in [2.45, 2.75) is 38.2 Å². The molecule has 3 aromatic rings. The third-order valence-electron chi connectivity index (χ3n) is 5.25. The van der Waals surface area contributed by atoms with E-state index in [1.807, 2.05) is 49.4 Å². The minimum Gasteiger partial charge on any atom is -0.457 e. The maximum absolute atomic E-state index is 12.8. The zero-order valence-electron chi connectivity index (χ0n) is 14.6. The van der Waals surface area contributed by atoms with Crippen LogP contribution in [0.2, 0.25) is 0 Å². The van der Waals surface area contributed by atoms with Gasteiger partial charge >= 0.3 is 5.97 Å². The molecule has 1 fully saturated rings. The number of esters is 1. The van der Waals surface area contributed by atoms with Crippen LogP contribution in [0.25, 0.3) is 10.9 Å². The SMILES string of the molecule is Cc1cccc2c(=O)[nH]c(COC(=O)C3(c4ccccc4)CCC3)nc12. The highest BCUT2D eigenvalue weighted by Gasteiger charge is 2.47. The zero-order chi connectivity index (χ0) is 18.1. The van der Waals surface area contributed by atoms with E-state index in [-0.39, 0.29) is 18.1 Å². The highest BCUT2D eigenvalue weighted by Crippen LogP contribution is 2.44. The van der Waals surface area contributed by atoms with Crippen molar-refractivity contribution in [1.29, 1.82) is 0 Å². The van der Waals surface area contributed by atoms with Crippen molar-refractivity contribution in [2.24, 2.45) is 0 Å². The lowest BCUT2D eigenvalue weighted by molar-refractivity contribution is -0.156. The summed E-state index contributed by atoms with van der Waals surface area (Å²) >= 11 is 0. The molecular formula is C21H20N2O3. The summed E-state index contributed by atoms with van der Waals surface area (Å²) in [5.74, 6) is 0.121. The largest absolute Gasteiger partial charge is 0.457 e. The van der Waals surface area contributed by atoms with Crippen molar-refractivity contribution < 1.29 is 9.53 Å². The van der Waals surface area contributed by atoms with Gasteiger partial charge in [0, 0.05) is 0 Å². The third kappa shape index (κ3) is 2.69. The van der Waals surface area contributed by atoms with Gasteiger partial charge in [-0.1, -0.05) is 48.9 Å². The van der Waals surface area contributed by atoms with E-state index in [0.717, 1.165) is 30.4 Å². The van der Waals surface area contributed by atoms with E-state index in [9.17, 15) is 9.59 Å². The first kappa shape index (κ1) is 16.5. The Labute approximate surface area is 151 Å². The molecule has 1 heterocycles. The van der Waals surface area contributed by atoms with Gasteiger partial charge in [0.05, 0.1) is 16.3 Å². The van der Waals surface area contributed by atoms with Gasteiger partial charge in [-0.2, -0.15) is 0 Å². The Hall–Kier alpha value is -2.95. The van der Waals surface area contributed by atoms with Crippen LogP contribution in [-0.4, -0.2) is 15.9 Å². The number of carbonyl (C=O) groups is 1. The van der Waals surface area contributed by atoms with Crippen LogP contribution in [0.1, 0.15) is 36.2 Å². The van der Waals surface area contributed by atoms with Gasteiger partial charge in [0.15, 0.2) is 0 Å². The second-order valence-corrected chi connectivity index (χ2v) is 6.86. The number of aryl methyl sites for hydroxylation is 1. The second kappa shape index (κ2) is 6.41. The molecule has 26 heavy (non-hydrogen) atoms. The summed E-state index contributed by atoms with van der Waals surface area (Å²) in [6.45, 7) is 1.87. The summed E-state index contributed by atoms with van der Waals surface area (Å²) in [5.41, 5.74) is 1.77. The lowest BCUT2D eigenvalue weighted by atomic mass is 9.64. The molecule has 0 bridgehead atoms. The van der Waals surface area contributed by atoms with Gasteiger partial charge in [0.2, 0.25) is 0 Å². The van der Waals surface area contributed by atoms with Crippen LogP contribution < -0.4 is 5.56 Å². The molecular weight excluding hydrogens is 328 g/mol. The molecule has 0 aliphatic heterocycles. The summed E-state index contributed by atoms with van der Waals surface area (Å²) in [6.07, 6.45) is 2.58. The molecule has 1 aliphatic carbocycles. The van der Waals surface area contributed by atoms with E-state index in [4.69, 9.17) is 4.74 Å². The monoisotopic (exact) mass is 348 g/mol. The molecule has 2 aromatic carbocycles. The van der Waals surface area contributed by atoms with E-state index >= 15 is 0 Å². The van der Waals surface area contributed by atoms with Crippen molar-refractivity contribution in [2.75, 3.05) is 0 Å². The van der Waals surface area contributed by atoms with Crippen LogP contribution in [0.15, 0.2) is 53.3 Å². The van der Waals surface area contributed by atoms with Gasteiger partial charge in [0.25, 0.3) is 5.56 Å². The Morgan fingerprint density at radius 2 is 1.92 bits per heavy atom. The number of ether oxygens (including phenoxy) is 1. The van der Waals surface area contributed by atoms with Crippen molar-refractivity contribution >= 4 is 16.9 Å². The number of carbonyl (C=O) groups excluding carboxylic acids is 1. The topological polar surface area (TPSA) is 72.1 Å². The van der Waals surface area contributed by atoms with E-state index in [2.05, 4.69) is 9.97 Å². The van der Waals surface area contributed by atoms with Crippen LogP contribution >= 0.6 is 0 Å². The molecule has 0 radical (unpaired) electrons. The van der Waals surface area contributed by atoms with E-state index in [0.29, 0.717) is 16.7 Å². The summed E-state index contributed by atoms with van der Waals surface area (Å²) in [7, 11) is 0. The fourth-order valence-electron chi connectivity index (χ4n) is 3.59. The third-order valence-corrected chi connectivity index (χ3v) is 5.25. The first-order valence-corrected chi connectivity index (χ1v) is 8.81. The van der Waals surface area contributed by atoms with E-state index in [1.54, 1.807) is 6.07 Å². The maximum atomic E-state index is 12.8. The normalized spacial score (nSPS) is 15.4. The maximum Gasteiger partial charge on any atom is 0.317 e. The van der Waals surface area contributed by atoms with Gasteiger partial charge in [-0.25, -0.2) is 4.98 Å². The molecule has 132 valence electrons. The molecule has 1 aromatic heterocycles. The molecule has 1 aliphatic rings. The molecule has 1 saturated carbocycles. The van der Waals surface area contributed by atoms with Gasteiger partial charge < -0.3 is 9.72 Å². The Morgan fingerprint density at radius 1 is 1.15 bits per heavy atom. The predicted molar refractivity (Wildman–Crippen MR) is 98.9 cm³/mol. The standard InChI is InChI=1S/C21H20N2O3/c1-14-7-5-10-16-18(14)22-17(23-19(16)24)13-26-20(25)21(11-6-12-21)15-8-3-2-4-9-15/h2-5,7-10H,6,11-13H2,1H3,(H,22,23,24). The smallest absolute Gasteiger partial charge is 0.317 e. The van der Waals surface area contributed by atoms with Crippen LogP contribution in [0, 0.1) is 6.92 Å². The number of H-pyrrole nitrogens is 1. The molecule has 1 N–H and O–H groups in total. The molecule has 0 spiro atoms. The number of aromatic amines is 1. The van der Waals surface area contributed by atoms with Gasteiger partial charge in [0.1, 0.15) is 12.4 Å². The number of rotatable bonds is 4. The number of hydrogen-bond donors (Lipinski definition) is 1. The molecule has 5 nitrogen and oxygen atoms in total. The Kier molecular flexibility index (Phi) is 4.07. The molecule has 0 atom stereocenters. The fourth-order valence-corrected chi connectivity index (χ4v) is 3.59. The second-order valence-electron chi connectivity index (χ2n) is 6.86. The number of hydrogen-bond acceptors (Lipinski definition) is 4. The molecule has 0 unspecified atom stereocenters. The minimum absolute atomic E-state index is 0.0348. The van der Waals surface area contributed by atoms with Crippen molar-refractivity contribution in [3.8, 4) is 0 Å². The van der Waals surface area contributed by atoms with Crippen LogP contribution in [0.4, 0.5) is 0 Å². The molecule has 0 amide bonds. The number of nitrogens with one attached hydrogen (secondary N) is 1. The van der Waals surface area contributed by atoms with Crippen LogP contribution in [0.3, 0.4) is 0 Å². The van der Waals surface area contributed by atoms with Crippen molar-refractivity contribution in [1.82, 2.24) is 9.97 Å². The van der Waals surface area contributed by atoms with Gasteiger partial charge in [-0.15, -0.1) is 0 Å². The van der Waals surface area contributed by atoms with E-state index < -0.39 is 5.41 Å². The van der Waals surface area contributed by atoms with Crippen molar-refractivity contribution in [3.05, 3.63) is 75.8 Å². The van der Waals surface area contributed by atoms with Crippen LogP contribution in [-0.2, 0) is 21.6 Å². The average molecular weight is 348 g/mol. The highest BCUT2D eigenvalue weighted by molar-refractivity contribution is 5.84. The summed E-state index contributed by atoms with van der Waals surface area (Å²) < 4.78 is 5.56. The lowest BCUT2D eigenvalue weighted by Crippen LogP contribution is -2.43. The first-order valence-electron chi connectivity index (χ1n) is 8.81. The Bertz CT molecular complexity index is 1020. The molecule has 4 rings (SSSR count). The number of benzene rings is 2. The minimum atomic E-state index is -0.561. The average Bonchev–Trinajstić information content (AvgIpc) is 2.61. The number of fused-ring (bicyclic) bond motifs is 1. The molecule has 5 heteroatoms. The lowest BCUT2D eigenvalue weighted by Gasteiger charge is -2.39. The summed E-state index contributed by atoms with van der Waals surface area (Å²) in [4.78, 5) is 32.2. The van der Waals surface area contributed by atoms with Crippen LogP contribution in [0.5, 0.6) is 0 Å². The van der Waals surface area contributed by atoms with Crippen molar-refractivity contribution in [3.63, 3.8) is 0 Å². The molecule has 0 saturated heterocycles.